The van der Waals surface area contributed by atoms with Gasteiger partial charge in [0.15, 0.2) is 0 Å². The first-order chi connectivity index (χ1) is 12.0. The molecule has 6 heteroatoms. The second kappa shape index (κ2) is 9.59. The van der Waals surface area contributed by atoms with Crippen molar-refractivity contribution in [1.29, 1.82) is 0 Å². The second-order valence-corrected chi connectivity index (χ2v) is 6.06. The summed E-state index contributed by atoms with van der Waals surface area (Å²) in [4.78, 5) is 23.6. The van der Waals surface area contributed by atoms with Crippen LogP contribution in [0.4, 0.5) is 0 Å². The largest absolute Gasteiger partial charge is 0.347 e. The molecule has 0 spiro atoms. The highest BCUT2D eigenvalue weighted by Crippen LogP contribution is 2.09. The standard InChI is InChI=1S/C19H20ClN3O2/c1-14(11-15-5-3-2-4-6-15)22-23-19(25)13-21-18(24)12-16-7-9-17(20)10-8-16/h2-10H,11-13H2,1H3,(H,21,24)(H,23,25)/b22-14-. The average molecular weight is 358 g/mol. The minimum Gasteiger partial charge on any atom is -0.347 e. The lowest BCUT2D eigenvalue weighted by atomic mass is 10.1. The maximum absolute atomic E-state index is 11.8. The fourth-order valence-corrected chi connectivity index (χ4v) is 2.28. The third-order valence-corrected chi connectivity index (χ3v) is 3.65. The van der Waals surface area contributed by atoms with Crippen LogP contribution in [0.25, 0.3) is 0 Å². The fraction of sp³-hybridized carbons (Fsp3) is 0.211. The number of amides is 2. The van der Waals surface area contributed by atoms with Gasteiger partial charge in [-0.25, -0.2) is 5.43 Å². The molecule has 0 aliphatic carbocycles. The van der Waals surface area contributed by atoms with E-state index in [-0.39, 0.29) is 24.8 Å². The number of hydrogen-bond donors (Lipinski definition) is 2. The number of carbonyl (C=O) groups excluding carboxylic acids is 2. The summed E-state index contributed by atoms with van der Waals surface area (Å²) in [5.41, 5.74) is 5.18. The Labute approximate surface area is 152 Å². The van der Waals surface area contributed by atoms with Gasteiger partial charge in [-0.2, -0.15) is 5.10 Å². The van der Waals surface area contributed by atoms with Gasteiger partial charge in [0, 0.05) is 17.2 Å². The van der Waals surface area contributed by atoms with E-state index in [0.29, 0.717) is 11.4 Å². The molecule has 0 radical (unpaired) electrons. The summed E-state index contributed by atoms with van der Waals surface area (Å²) in [6.07, 6.45) is 0.852. The van der Waals surface area contributed by atoms with Crippen LogP contribution < -0.4 is 10.7 Å². The molecule has 0 saturated heterocycles. The normalized spacial score (nSPS) is 11.0. The molecular formula is C19H20ClN3O2. The first-order valence-electron chi connectivity index (χ1n) is 7.90. The van der Waals surface area contributed by atoms with E-state index < -0.39 is 0 Å². The average Bonchev–Trinajstić information content (AvgIpc) is 2.61. The first kappa shape index (κ1) is 18.7. The highest BCUT2D eigenvalue weighted by Gasteiger charge is 2.06. The van der Waals surface area contributed by atoms with Gasteiger partial charge in [-0.15, -0.1) is 0 Å². The monoisotopic (exact) mass is 357 g/mol. The highest BCUT2D eigenvalue weighted by molar-refractivity contribution is 6.30. The van der Waals surface area contributed by atoms with Crippen LogP contribution in [-0.2, 0) is 22.4 Å². The Morgan fingerprint density at radius 2 is 1.56 bits per heavy atom. The third-order valence-electron chi connectivity index (χ3n) is 3.40. The number of carbonyl (C=O) groups is 2. The van der Waals surface area contributed by atoms with Crippen molar-refractivity contribution in [1.82, 2.24) is 10.7 Å². The third kappa shape index (κ3) is 7.18. The van der Waals surface area contributed by atoms with Crippen molar-refractivity contribution in [2.75, 3.05) is 6.54 Å². The molecule has 2 N–H and O–H groups in total. The lowest BCUT2D eigenvalue weighted by Crippen LogP contribution is -2.36. The molecule has 0 saturated carbocycles. The number of halogens is 1. The summed E-state index contributed by atoms with van der Waals surface area (Å²) in [6, 6.07) is 16.9. The van der Waals surface area contributed by atoms with Gasteiger partial charge in [0.1, 0.15) is 0 Å². The van der Waals surface area contributed by atoms with E-state index >= 15 is 0 Å². The molecule has 5 nitrogen and oxygen atoms in total. The summed E-state index contributed by atoms with van der Waals surface area (Å²) in [6.45, 7) is 1.72. The quantitative estimate of drug-likeness (QED) is 0.591. The molecule has 0 heterocycles. The van der Waals surface area contributed by atoms with Gasteiger partial charge in [0.05, 0.1) is 13.0 Å². The maximum atomic E-state index is 11.8. The molecule has 0 atom stereocenters. The van der Waals surface area contributed by atoms with Crippen molar-refractivity contribution in [2.24, 2.45) is 5.10 Å². The van der Waals surface area contributed by atoms with Gasteiger partial charge in [0.25, 0.3) is 5.91 Å². The minimum absolute atomic E-state index is 0.117. The van der Waals surface area contributed by atoms with E-state index in [1.54, 1.807) is 24.3 Å². The zero-order chi connectivity index (χ0) is 18.1. The molecular weight excluding hydrogens is 338 g/mol. The van der Waals surface area contributed by atoms with Gasteiger partial charge in [-0.3, -0.25) is 9.59 Å². The summed E-state index contributed by atoms with van der Waals surface area (Å²) >= 11 is 5.80. The highest BCUT2D eigenvalue weighted by atomic mass is 35.5. The molecule has 2 aromatic rings. The number of benzene rings is 2. The molecule has 0 aliphatic heterocycles. The molecule has 0 unspecified atom stereocenters. The Kier molecular flexibility index (Phi) is 7.16. The van der Waals surface area contributed by atoms with Crippen molar-refractivity contribution in [3.63, 3.8) is 0 Å². The number of rotatable bonds is 7. The molecule has 0 aromatic heterocycles. The summed E-state index contributed by atoms with van der Waals surface area (Å²) in [7, 11) is 0. The van der Waals surface area contributed by atoms with Crippen LogP contribution in [0.5, 0.6) is 0 Å². The van der Waals surface area contributed by atoms with Crippen LogP contribution in [0.3, 0.4) is 0 Å². The molecule has 2 aromatic carbocycles. The van der Waals surface area contributed by atoms with E-state index in [0.717, 1.165) is 16.8 Å². The van der Waals surface area contributed by atoms with Crippen molar-refractivity contribution in [3.8, 4) is 0 Å². The van der Waals surface area contributed by atoms with E-state index in [2.05, 4.69) is 15.8 Å². The molecule has 130 valence electrons. The maximum Gasteiger partial charge on any atom is 0.259 e. The molecule has 0 fully saturated rings. The number of nitrogens with zero attached hydrogens (tertiary/aromatic N) is 1. The van der Waals surface area contributed by atoms with Crippen molar-refractivity contribution < 1.29 is 9.59 Å². The van der Waals surface area contributed by atoms with Crippen LogP contribution in [0, 0.1) is 0 Å². The number of hydrogen-bond acceptors (Lipinski definition) is 3. The van der Waals surface area contributed by atoms with Gasteiger partial charge >= 0.3 is 0 Å². The van der Waals surface area contributed by atoms with Crippen molar-refractivity contribution in [2.45, 2.75) is 19.8 Å². The second-order valence-electron chi connectivity index (χ2n) is 5.62. The summed E-state index contributed by atoms with van der Waals surface area (Å²) < 4.78 is 0. The summed E-state index contributed by atoms with van der Waals surface area (Å²) in [5, 5.41) is 7.23. The van der Waals surface area contributed by atoms with Gasteiger partial charge in [0.2, 0.25) is 5.91 Å². The topological polar surface area (TPSA) is 70.6 Å². The smallest absolute Gasteiger partial charge is 0.259 e. The van der Waals surface area contributed by atoms with Crippen molar-refractivity contribution >= 4 is 29.1 Å². The van der Waals surface area contributed by atoms with E-state index in [9.17, 15) is 9.59 Å². The van der Waals surface area contributed by atoms with Crippen LogP contribution in [-0.4, -0.2) is 24.1 Å². The van der Waals surface area contributed by atoms with Gasteiger partial charge < -0.3 is 5.32 Å². The van der Waals surface area contributed by atoms with E-state index in [4.69, 9.17) is 11.6 Å². The zero-order valence-electron chi connectivity index (χ0n) is 14.0. The van der Waals surface area contributed by atoms with Gasteiger partial charge in [-0.05, 0) is 30.2 Å². The number of hydrazone groups is 1. The first-order valence-corrected chi connectivity index (χ1v) is 8.28. The van der Waals surface area contributed by atoms with Crippen LogP contribution in [0.15, 0.2) is 59.7 Å². The SMILES string of the molecule is C/C(Cc1ccccc1)=N/NC(=O)CNC(=O)Cc1ccc(Cl)cc1. The molecule has 0 bridgehead atoms. The Bertz CT molecular complexity index is 743. The Balaban J connectivity index is 1.71. The van der Waals surface area contributed by atoms with E-state index in [1.807, 2.05) is 37.3 Å². The van der Waals surface area contributed by atoms with Gasteiger partial charge in [-0.1, -0.05) is 54.1 Å². The lowest BCUT2D eigenvalue weighted by Gasteiger charge is -2.06. The van der Waals surface area contributed by atoms with E-state index in [1.165, 1.54) is 0 Å². The molecule has 2 amide bonds. The molecule has 2 rings (SSSR count). The van der Waals surface area contributed by atoms with Crippen molar-refractivity contribution in [3.05, 3.63) is 70.7 Å². The number of nitrogens with one attached hydrogen (secondary N) is 2. The van der Waals surface area contributed by atoms with Crippen LogP contribution >= 0.6 is 11.6 Å². The zero-order valence-corrected chi connectivity index (χ0v) is 14.7. The van der Waals surface area contributed by atoms with Crippen LogP contribution in [0.1, 0.15) is 18.1 Å². The summed E-state index contributed by atoms with van der Waals surface area (Å²) in [5.74, 6) is -0.598. The van der Waals surface area contributed by atoms with Crippen LogP contribution in [0.2, 0.25) is 5.02 Å². The Morgan fingerprint density at radius 1 is 0.920 bits per heavy atom. The fourth-order valence-electron chi connectivity index (χ4n) is 2.16. The molecule has 0 aliphatic rings. The predicted molar refractivity (Wildman–Crippen MR) is 99.6 cm³/mol. The Morgan fingerprint density at radius 3 is 2.24 bits per heavy atom. The predicted octanol–water partition coefficient (Wildman–Crippen LogP) is 2.73. The Hall–Kier alpha value is -2.66. The molecule has 25 heavy (non-hydrogen) atoms. The lowest BCUT2D eigenvalue weighted by molar-refractivity contribution is -0.125. The minimum atomic E-state index is -0.364.